The van der Waals surface area contributed by atoms with Gasteiger partial charge in [0, 0.05) is 12.1 Å². The lowest BCUT2D eigenvalue weighted by atomic mass is 10.1. The lowest BCUT2D eigenvalue weighted by molar-refractivity contribution is -0.144. The van der Waals surface area contributed by atoms with E-state index >= 15 is 0 Å². The molecule has 2 rings (SSSR count). The standard InChI is InChI=1S/C18H19NO3/c1-14-7-5-6-10-16(14)13-22-17(20)11-12-19-18(21)15-8-3-2-4-9-15/h2-10H,11-13H2,1H3,(H,19,21). The molecule has 0 aliphatic rings. The molecule has 0 spiro atoms. The summed E-state index contributed by atoms with van der Waals surface area (Å²) in [6, 6.07) is 16.7. The van der Waals surface area contributed by atoms with Gasteiger partial charge in [-0.25, -0.2) is 0 Å². The molecule has 0 heterocycles. The van der Waals surface area contributed by atoms with Gasteiger partial charge in [-0.3, -0.25) is 9.59 Å². The van der Waals surface area contributed by atoms with Gasteiger partial charge >= 0.3 is 5.97 Å². The Morgan fingerprint density at radius 1 is 1.00 bits per heavy atom. The van der Waals surface area contributed by atoms with E-state index in [2.05, 4.69) is 5.32 Å². The number of hydrogen-bond donors (Lipinski definition) is 1. The van der Waals surface area contributed by atoms with Crippen LogP contribution in [0.4, 0.5) is 0 Å². The van der Waals surface area contributed by atoms with Gasteiger partial charge in [0.15, 0.2) is 0 Å². The molecule has 22 heavy (non-hydrogen) atoms. The van der Waals surface area contributed by atoms with Gasteiger partial charge in [-0.2, -0.15) is 0 Å². The molecular formula is C18H19NO3. The van der Waals surface area contributed by atoms with Crippen molar-refractivity contribution in [1.29, 1.82) is 0 Å². The molecule has 0 radical (unpaired) electrons. The molecular weight excluding hydrogens is 278 g/mol. The first-order chi connectivity index (χ1) is 10.7. The molecule has 4 nitrogen and oxygen atoms in total. The predicted molar refractivity (Wildman–Crippen MR) is 84.4 cm³/mol. The monoisotopic (exact) mass is 297 g/mol. The average Bonchev–Trinajstić information content (AvgIpc) is 2.55. The molecule has 2 aromatic rings. The molecule has 0 saturated heterocycles. The van der Waals surface area contributed by atoms with E-state index in [-0.39, 0.29) is 31.4 Å². The SMILES string of the molecule is Cc1ccccc1COC(=O)CCNC(=O)c1ccccc1. The first-order valence-electron chi connectivity index (χ1n) is 7.20. The van der Waals surface area contributed by atoms with Gasteiger partial charge < -0.3 is 10.1 Å². The van der Waals surface area contributed by atoms with Gasteiger partial charge in [-0.05, 0) is 30.2 Å². The second-order valence-electron chi connectivity index (χ2n) is 4.96. The number of amides is 1. The first kappa shape index (κ1) is 15.8. The zero-order valence-corrected chi connectivity index (χ0v) is 12.5. The van der Waals surface area contributed by atoms with Gasteiger partial charge in [0.1, 0.15) is 6.61 Å². The summed E-state index contributed by atoms with van der Waals surface area (Å²) in [5.74, 6) is -0.510. The minimum Gasteiger partial charge on any atom is -0.461 e. The van der Waals surface area contributed by atoms with E-state index in [0.717, 1.165) is 11.1 Å². The molecule has 114 valence electrons. The summed E-state index contributed by atoms with van der Waals surface area (Å²) in [6.45, 7) is 2.50. The van der Waals surface area contributed by atoms with E-state index in [1.54, 1.807) is 24.3 Å². The number of carbonyl (C=O) groups is 2. The lowest BCUT2D eigenvalue weighted by Gasteiger charge is -2.08. The number of esters is 1. The van der Waals surface area contributed by atoms with Crippen LogP contribution in [0, 0.1) is 6.92 Å². The van der Waals surface area contributed by atoms with Crippen molar-refractivity contribution in [2.45, 2.75) is 20.0 Å². The van der Waals surface area contributed by atoms with Crippen molar-refractivity contribution >= 4 is 11.9 Å². The zero-order valence-electron chi connectivity index (χ0n) is 12.5. The molecule has 0 saturated carbocycles. The van der Waals surface area contributed by atoms with Crippen LogP contribution in [-0.2, 0) is 16.1 Å². The molecule has 0 aliphatic heterocycles. The number of carbonyl (C=O) groups excluding carboxylic acids is 2. The first-order valence-corrected chi connectivity index (χ1v) is 7.20. The summed E-state index contributed by atoms with van der Waals surface area (Å²) in [7, 11) is 0. The molecule has 1 N–H and O–H groups in total. The average molecular weight is 297 g/mol. The number of hydrogen-bond acceptors (Lipinski definition) is 3. The number of ether oxygens (including phenoxy) is 1. The fourth-order valence-corrected chi connectivity index (χ4v) is 1.97. The van der Waals surface area contributed by atoms with Crippen LogP contribution in [0.5, 0.6) is 0 Å². The second-order valence-corrected chi connectivity index (χ2v) is 4.96. The summed E-state index contributed by atoms with van der Waals surface area (Å²) in [5, 5.41) is 2.70. The number of aryl methyl sites for hydroxylation is 1. The van der Waals surface area contributed by atoms with Crippen LogP contribution in [0.3, 0.4) is 0 Å². The third kappa shape index (κ3) is 4.74. The number of benzene rings is 2. The summed E-state index contributed by atoms with van der Waals surface area (Å²) >= 11 is 0. The minimum absolute atomic E-state index is 0.157. The van der Waals surface area contributed by atoms with E-state index in [1.165, 1.54) is 0 Å². The minimum atomic E-state index is -0.323. The Hall–Kier alpha value is -2.62. The molecule has 1 amide bonds. The van der Waals surface area contributed by atoms with Crippen molar-refractivity contribution in [3.05, 3.63) is 71.3 Å². The fraction of sp³-hybridized carbons (Fsp3) is 0.222. The number of nitrogens with one attached hydrogen (secondary N) is 1. The van der Waals surface area contributed by atoms with E-state index in [9.17, 15) is 9.59 Å². The zero-order chi connectivity index (χ0) is 15.8. The Balaban J connectivity index is 1.70. The van der Waals surface area contributed by atoms with Crippen LogP contribution < -0.4 is 5.32 Å². The Kier molecular flexibility index (Phi) is 5.72. The van der Waals surface area contributed by atoms with Crippen molar-refractivity contribution in [3.8, 4) is 0 Å². The largest absolute Gasteiger partial charge is 0.461 e. The van der Waals surface area contributed by atoms with Gasteiger partial charge in [-0.15, -0.1) is 0 Å². The Morgan fingerprint density at radius 3 is 2.41 bits per heavy atom. The third-order valence-electron chi connectivity index (χ3n) is 3.30. The molecule has 0 aromatic heterocycles. The lowest BCUT2D eigenvalue weighted by Crippen LogP contribution is -2.26. The maximum absolute atomic E-state index is 11.8. The van der Waals surface area contributed by atoms with Crippen LogP contribution in [0.15, 0.2) is 54.6 Å². The topological polar surface area (TPSA) is 55.4 Å². The third-order valence-corrected chi connectivity index (χ3v) is 3.30. The molecule has 0 bridgehead atoms. The van der Waals surface area contributed by atoms with Crippen LogP contribution in [0.2, 0.25) is 0 Å². The van der Waals surface area contributed by atoms with Gasteiger partial charge in [0.05, 0.1) is 6.42 Å². The molecule has 2 aromatic carbocycles. The van der Waals surface area contributed by atoms with Gasteiger partial charge in [0.2, 0.25) is 0 Å². The second kappa shape index (κ2) is 7.98. The van der Waals surface area contributed by atoms with Crippen molar-refractivity contribution in [2.75, 3.05) is 6.54 Å². The highest BCUT2D eigenvalue weighted by molar-refractivity contribution is 5.94. The normalized spacial score (nSPS) is 10.0. The fourth-order valence-electron chi connectivity index (χ4n) is 1.97. The van der Waals surface area contributed by atoms with Crippen molar-refractivity contribution in [3.63, 3.8) is 0 Å². The maximum atomic E-state index is 11.8. The number of rotatable bonds is 6. The summed E-state index contributed by atoms with van der Waals surface area (Å²) in [6.07, 6.45) is 0.157. The van der Waals surface area contributed by atoms with Crippen LogP contribution >= 0.6 is 0 Å². The molecule has 0 aliphatic carbocycles. The van der Waals surface area contributed by atoms with Crippen LogP contribution in [-0.4, -0.2) is 18.4 Å². The highest BCUT2D eigenvalue weighted by Gasteiger charge is 2.07. The van der Waals surface area contributed by atoms with E-state index < -0.39 is 0 Å². The van der Waals surface area contributed by atoms with Crippen molar-refractivity contribution in [2.24, 2.45) is 0 Å². The molecule has 0 fully saturated rings. The van der Waals surface area contributed by atoms with Crippen molar-refractivity contribution in [1.82, 2.24) is 5.32 Å². The van der Waals surface area contributed by atoms with E-state index in [0.29, 0.717) is 5.56 Å². The predicted octanol–water partition coefficient (Wildman–Crippen LogP) is 2.86. The Bertz CT molecular complexity index is 638. The van der Waals surface area contributed by atoms with E-state index in [4.69, 9.17) is 4.74 Å². The molecule has 0 unspecified atom stereocenters. The molecule has 4 heteroatoms. The highest BCUT2D eigenvalue weighted by Crippen LogP contribution is 2.08. The smallest absolute Gasteiger partial charge is 0.307 e. The van der Waals surface area contributed by atoms with Crippen LogP contribution in [0.25, 0.3) is 0 Å². The molecule has 0 atom stereocenters. The maximum Gasteiger partial charge on any atom is 0.307 e. The van der Waals surface area contributed by atoms with E-state index in [1.807, 2.05) is 37.3 Å². The quantitative estimate of drug-likeness (QED) is 0.834. The Morgan fingerprint density at radius 2 is 1.68 bits per heavy atom. The summed E-state index contributed by atoms with van der Waals surface area (Å²) in [4.78, 5) is 23.5. The summed E-state index contributed by atoms with van der Waals surface area (Å²) in [5.41, 5.74) is 2.66. The van der Waals surface area contributed by atoms with Crippen LogP contribution in [0.1, 0.15) is 27.9 Å². The Labute approximate surface area is 130 Å². The van der Waals surface area contributed by atoms with Crippen molar-refractivity contribution < 1.29 is 14.3 Å². The summed E-state index contributed by atoms with van der Waals surface area (Å²) < 4.78 is 5.21. The highest BCUT2D eigenvalue weighted by atomic mass is 16.5. The van der Waals surface area contributed by atoms with Gasteiger partial charge in [-0.1, -0.05) is 42.5 Å². The van der Waals surface area contributed by atoms with Gasteiger partial charge in [0.25, 0.3) is 5.91 Å².